The molecule has 0 atom stereocenters. The molecule has 0 aliphatic heterocycles. The van der Waals surface area contributed by atoms with Crippen molar-refractivity contribution in [2.24, 2.45) is 0 Å². The first-order chi connectivity index (χ1) is 9.60. The lowest BCUT2D eigenvalue weighted by Crippen LogP contribution is -2.16. The molecule has 1 aromatic heterocycles. The van der Waals surface area contributed by atoms with E-state index in [1.807, 2.05) is 6.92 Å². The maximum Gasteiger partial charge on any atom is 0.323 e. The minimum Gasteiger partial charge on any atom is -0.463 e. The molecule has 2 rings (SSSR count). The van der Waals surface area contributed by atoms with Crippen molar-refractivity contribution in [3.63, 3.8) is 0 Å². The van der Waals surface area contributed by atoms with Crippen LogP contribution in [0.2, 0.25) is 0 Å². The minimum atomic E-state index is -0.334. The Labute approximate surface area is 116 Å². The molecule has 0 fully saturated rings. The number of benzene rings is 1. The molecule has 0 amide bonds. The molecule has 7 heteroatoms. The van der Waals surface area contributed by atoms with Crippen LogP contribution in [0.25, 0.3) is 0 Å². The number of anilines is 3. The molecule has 6 nitrogen and oxygen atoms in total. The minimum absolute atomic E-state index is 0.0596. The van der Waals surface area contributed by atoms with E-state index in [1.165, 1.54) is 12.1 Å². The molecule has 1 aromatic carbocycles. The van der Waals surface area contributed by atoms with E-state index >= 15 is 0 Å². The summed E-state index contributed by atoms with van der Waals surface area (Å²) in [5.41, 5.74) is 6.24. The van der Waals surface area contributed by atoms with Gasteiger partial charge in [0.05, 0.1) is 6.61 Å². The van der Waals surface area contributed by atoms with E-state index in [9.17, 15) is 4.39 Å². The summed E-state index contributed by atoms with van der Waals surface area (Å²) in [6.45, 7) is 2.47. The van der Waals surface area contributed by atoms with Crippen molar-refractivity contribution >= 4 is 17.6 Å². The summed E-state index contributed by atoms with van der Waals surface area (Å²) in [5.74, 6) is 0.0254. The maximum absolute atomic E-state index is 13.2. The second kappa shape index (κ2) is 6.14. The molecule has 0 spiro atoms. The van der Waals surface area contributed by atoms with Gasteiger partial charge in [-0.05, 0) is 24.6 Å². The third-order valence-electron chi connectivity index (χ3n) is 2.55. The quantitative estimate of drug-likeness (QED) is 0.902. The lowest BCUT2D eigenvalue weighted by Gasteiger charge is -2.17. The molecule has 0 saturated heterocycles. The van der Waals surface area contributed by atoms with Crippen LogP contribution in [0.5, 0.6) is 6.01 Å². The summed E-state index contributed by atoms with van der Waals surface area (Å²) in [4.78, 5) is 13.7. The van der Waals surface area contributed by atoms with E-state index in [0.29, 0.717) is 18.2 Å². The summed E-state index contributed by atoms with van der Waals surface area (Å²) in [5, 5.41) is 0. The predicted octanol–water partition coefficient (Wildman–Crippen LogP) is 2.15. The van der Waals surface area contributed by atoms with Crippen molar-refractivity contribution in [2.75, 3.05) is 24.3 Å². The van der Waals surface area contributed by atoms with E-state index < -0.39 is 0 Å². The van der Waals surface area contributed by atoms with Crippen molar-refractivity contribution in [1.29, 1.82) is 0 Å². The number of nitrogens with zero attached hydrogens (tertiary/aromatic N) is 4. The van der Waals surface area contributed by atoms with E-state index in [1.54, 1.807) is 24.1 Å². The van der Waals surface area contributed by atoms with Crippen molar-refractivity contribution in [3.05, 3.63) is 30.1 Å². The Morgan fingerprint density at radius 3 is 2.80 bits per heavy atom. The van der Waals surface area contributed by atoms with Gasteiger partial charge in [0.1, 0.15) is 5.82 Å². The van der Waals surface area contributed by atoms with Crippen LogP contribution in [0, 0.1) is 5.82 Å². The van der Waals surface area contributed by atoms with Gasteiger partial charge in [0.15, 0.2) is 0 Å². The molecule has 0 aliphatic rings. The highest BCUT2D eigenvalue weighted by Crippen LogP contribution is 2.22. The fraction of sp³-hybridized carbons (Fsp3) is 0.308. The van der Waals surface area contributed by atoms with Crippen LogP contribution >= 0.6 is 0 Å². The number of hydrogen-bond donors (Lipinski definition) is 1. The zero-order valence-corrected chi connectivity index (χ0v) is 11.4. The van der Waals surface area contributed by atoms with Crippen molar-refractivity contribution in [3.8, 4) is 6.01 Å². The van der Waals surface area contributed by atoms with E-state index in [4.69, 9.17) is 10.5 Å². The zero-order valence-electron chi connectivity index (χ0n) is 11.4. The van der Waals surface area contributed by atoms with Crippen molar-refractivity contribution < 1.29 is 9.13 Å². The average Bonchev–Trinajstić information content (AvgIpc) is 2.43. The highest BCUT2D eigenvalue weighted by atomic mass is 19.1. The fourth-order valence-corrected chi connectivity index (χ4v) is 1.57. The van der Waals surface area contributed by atoms with Gasteiger partial charge in [-0.25, -0.2) is 4.39 Å². The number of nitrogen functional groups attached to an aromatic ring is 1. The first-order valence-electron chi connectivity index (χ1n) is 6.23. The van der Waals surface area contributed by atoms with Gasteiger partial charge in [-0.15, -0.1) is 0 Å². The Kier molecular flexibility index (Phi) is 4.29. The largest absolute Gasteiger partial charge is 0.463 e. The van der Waals surface area contributed by atoms with Gasteiger partial charge in [0, 0.05) is 12.7 Å². The molecule has 1 heterocycles. The van der Waals surface area contributed by atoms with Crippen molar-refractivity contribution in [1.82, 2.24) is 15.0 Å². The molecule has 0 bridgehead atoms. The second-order valence-electron chi connectivity index (χ2n) is 4.16. The highest BCUT2D eigenvalue weighted by Gasteiger charge is 2.12. The third-order valence-corrected chi connectivity index (χ3v) is 2.55. The highest BCUT2D eigenvalue weighted by molar-refractivity contribution is 5.56. The molecule has 20 heavy (non-hydrogen) atoms. The maximum atomic E-state index is 13.2. The van der Waals surface area contributed by atoms with Gasteiger partial charge in [-0.2, -0.15) is 15.0 Å². The third kappa shape index (κ3) is 3.31. The number of nitrogens with two attached hydrogens (primary N) is 1. The molecule has 0 saturated carbocycles. The monoisotopic (exact) mass is 277 g/mol. The molecule has 2 aromatic rings. The summed E-state index contributed by atoms with van der Waals surface area (Å²) < 4.78 is 18.6. The number of aromatic nitrogens is 3. The molecule has 106 valence electrons. The first-order valence-corrected chi connectivity index (χ1v) is 6.23. The van der Waals surface area contributed by atoms with E-state index in [0.717, 1.165) is 6.42 Å². The van der Waals surface area contributed by atoms with Crippen LogP contribution < -0.4 is 15.4 Å². The SMILES string of the molecule is CCCOc1nc(N)nc(N(C)c2cccc(F)c2)n1. The number of hydrogen-bond acceptors (Lipinski definition) is 6. The lowest BCUT2D eigenvalue weighted by molar-refractivity contribution is 0.292. The number of ether oxygens (including phenoxy) is 1. The summed E-state index contributed by atoms with van der Waals surface area (Å²) >= 11 is 0. The zero-order chi connectivity index (χ0) is 14.5. The fourth-order valence-electron chi connectivity index (χ4n) is 1.57. The topological polar surface area (TPSA) is 77.2 Å². The van der Waals surface area contributed by atoms with Crippen molar-refractivity contribution in [2.45, 2.75) is 13.3 Å². The van der Waals surface area contributed by atoms with Gasteiger partial charge in [0.25, 0.3) is 0 Å². The number of rotatable bonds is 5. The molecule has 0 aliphatic carbocycles. The van der Waals surface area contributed by atoms with Gasteiger partial charge in [-0.1, -0.05) is 13.0 Å². The Morgan fingerprint density at radius 1 is 1.30 bits per heavy atom. The second-order valence-corrected chi connectivity index (χ2v) is 4.16. The lowest BCUT2D eigenvalue weighted by atomic mass is 10.3. The van der Waals surface area contributed by atoms with Crippen LogP contribution in [0.4, 0.5) is 22.0 Å². The Bertz CT molecular complexity index is 593. The van der Waals surface area contributed by atoms with Crippen LogP contribution in [0.15, 0.2) is 24.3 Å². The van der Waals surface area contributed by atoms with Gasteiger partial charge >= 0.3 is 6.01 Å². The number of halogens is 1. The summed E-state index contributed by atoms with van der Waals surface area (Å²) in [6, 6.07) is 6.27. The molecule has 2 N–H and O–H groups in total. The van der Waals surface area contributed by atoms with Gasteiger partial charge in [-0.3, -0.25) is 0 Å². The van der Waals surface area contributed by atoms with Gasteiger partial charge < -0.3 is 15.4 Å². The van der Waals surface area contributed by atoms with Crippen LogP contribution in [-0.2, 0) is 0 Å². The van der Waals surface area contributed by atoms with E-state index in [-0.39, 0.29) is 17.8 Å². The summed E-state index contributed by atoms with van der Waals surface area (Å²) in [6.07, 6.45) is 0.834. The molecular weight excluding hydrogens is 261 g/mol. The smallest absolute Gasteiger partial charge is 0.323 e. The normalized spacial score (nSPS) is 10.3. The molecule has 0 unspecified atom stereocenters. The van der Waals surface area contributed by atoms with Gasteiger partial charge in [0.2, 0.25) is 11.9 Å². The molecular formula is C13H16FN5O. The molecule has 0 radical (unpaired) electrons. The average molecular weight is 277 g/mol. The van der Waals surface area contributed by atoms with E-state index in [2.05, 4.69) is 15.0 Å². The Balaban J connectivity index is 2.29. The van der Waals surface area contributed by atoms with Crippen LogP contribution in [-0.4, -0.2) is 28.6 Å². The van der Waals surface area contributed by atoms with Crippen LogP contribution in [0.3, 0.4) is 0 Å². The Hall–Kier alpha value is -2.44. The predicted molar refractivity (Wildman–Crippen MR) is 74.5 cm³/mol. The Morgan fingerprint density at radius 2 is 2.10 bits per heavy atom. The first kappa shape index (κ1) is 14.0. The standard InChI is InChI=1S/C13H16FN5O/c1-3-7-20-13-17-11(15)16-12(18-13)19(2)10-6-4-5-9(14)8-10/h4-6,8H,3,7H2,1-2H3,(H2,15,16,17,18). The summed E-state index contributed by atoms with van der Waals surface area (Å²) in [7, 11) is 1.72. The van der Waals surface area contributed by atoms with Crippen LogP contribution in [0.1, 0.15) is 13.3 Å².